The maximum absolute atomic E-state index is 12.6. The van der Waals surface area contributed by atoms with Gasteiger partial charge in [-0.15, -0.1) is 0 Å². The number of carbonyl (C=O) groups is 2. The van der Waals surface area contributed by atoms with Gasteiger partial charge in [0.2, 0.25) is 0 Å². The van der Waals surface area contributed by atoms with Crippen molar-refractivity contribution in [1.29, 1.82) is 5.26 Å². The van der Waals surface area contributed by atoms with E-state index >= 15 is 0 Å². The molecule has 2 aromatic rings. The Labute approximate surface area is 172 Å². The third-order valence-electron chi connectivity index (χ3n) is 4.00. The van der Waals surface area contributed by atoms with Crippen LogP contribution in [0.2, 0.25) is 0 Å². The number of hydrogen-bond acceptors (Lipinski definition) is 7. The predicted molar refractivity (Wildman–Crippen MR) is 109 cm³/mol. The lowest BCUT2D eigenvalue weighted by Crippen LogP contribution is -2.32. The van der Waals surface area contributed by atoms with Crippen LogP contribution >= 0.6 is 11.8 Å². The molecule has 1 aliphatic rings. The first kappa shape index (κ1) is 20.3. The molecule has 0 N–H and O–H groups in total. The van der Waals surface area contributed by atoms with Crippen molar-refractivity contribution in [2.45, 2.75) is 0 Å². The zero-order valence-corrected chi connectivity index (χ0v) is 16.5. The fourth-order valence-corrected chi connectivity index (χ4v) is 3.47. The van der Waals surface area contributed by atoms with Gasteiger partial charge in [0.05, 0.1) is 18.6 Å². The van der Waals surface area contributed by atoms with Crippen LogP contribution in [0.4, 0.5) is 4.79 Å². The maximum Gasteiger partial charge on any atom is 0.293 e. The molecule has 0 aliphatic carbocycles. The summed E-state index contributed by atoms with van der Waals surface area (Å²) >= 11 is 0.893. The van der Waals surface area contributed by atoms with Crippen LogP contribution in [0, 0.1) is 11.3 Å². The van der Waals surface area contributed by atoms with Crippen molar-refractivity contribution in [3.63, 3.8) is 0 Å². The highest BCUT2D eigenvalue weighted by Gasteiger charge is 2.34. The van der Waals surface area contributed by atoms with Crippen molar-refractivity contribution in [1.82, 2.24) is 4.90 Å². The summed E-state index contributed by atoms with van der Waals surface area (Å²) in [5.74, 6) is 1.35. The molecule has 2 aromatic carbocycles. The van der Waals surface area contributed by atoms with E-state index in [-0.39, 0.29) is 30.9 Å². The number of thioether (sulfide) groups is 1. The normalized spacial score (nSPS) is 14.8. The van der Waals surface area contributed by atoms with Gasteiger partial charge in [-0.1, -0.05) is 24.3 Å². The predicted octanol–water partition coefficient (Wildman–Crippen LogP) is 3.71. The van der Waals surface area contributed by atoms with E-state index in [0.29, 0.717) is 22.2 Å². The first-order chi connectivity index (χ1) is 14.1. The van der Waals surface area contributed by atoms with Crippen molar-refractivity contribution < 1.29 is 23.8 Å². The van der Waals surface area contributed by atoms with E-state index in [1.54, 1.807) is 49.6 Å². The summed E-state index contributed by atoms with van der Waals surface area (Å²) in [6.07, 6.45) is 1.65. The average Bonchev–Trinajstić information content (AvgIpc) is 3.01. The molecule has 0 radical (unpaired) electrons. The number of hydrogen-bond donors (Lipinski definition) is 0. The molecule has 3 rings (SSSR count). The summed E-state index contributed by atoms with van der Waals surface area (Å²) in [6.45, 7) is 0.271. The molecule has 29 heavy (non-hydrogen) atoms. The minimum Gasteiger partial charge on any atom is -0.493 e. The number of nitrogens with zero attached hydrogens (tertiary/aromatic N) is 2. The third-order valence-corrected chi connectivity index (χ3v) is 4.90. The topological polar surface area (TPSA) is 88.9 Å². The largest absolute Gasteiger partial charge is 0.493 e. The molecular formula is C21H18N2O5S. The molecule has 0 aromatic heterocycles. The molecule has 1 fully saturated rings. The number of nitriles is 1. The monoisotopic (exact) mass is 410 g/mol. The molecular weight excluding hydrogens is 392 g/mol. The molecule has 7 nitrogen and oxygen atoms in total. The van der Waals surface area contributed by atoms with Crippen LogP contribution < -0.4 is 14.2 Å². The number of imide groups is 1. The molecule has 1 aliphatic heterocycles. The summed E-state index contributed by atoms with van der Waals surface area (Å²) in [5.41, 5.74) is 0.755. The molecule has 8 heteroatoms. The van der Waals surface area contributed by atoms with Crippen LogP contribution in [0.25, 0.3) is 6.08 Å². The van der Waals surface area contributed by atoms with Gasteiger partial charge in [0.1, 0.15) is 18.4 Å². The zero-order valence-electron chi connectivity index (χ0n) is 15.7. The SMILES string of the molecule is COc1ccccc1OCCN1C(=O)S/C(=C\c2ccc(OCC#N)cc2)C1=O. The first-order valence-corrected chi connectivity index (χ1v) is 9.55. The molecule has 2 amide bonds. The van der Waals surface area contributed by atoms with Crippen LogP contribution in [0.1, 0.15) is 5.56 Å². The Morgan fingerprint density at radius 2 is 1.79 bits per heavy atom. The summed E-state index contributed by atoms with van der Waals surface area (Å²) in [6, 6.07) is 16.0. The molecule has 0 saturated carbocycles. The van der Waals surface area contributed by atoms with Crippen LogP contribution in [-0.2, 0) is 4.79 Å². The van der Waals surface area contributed by atoms with Crippen LogP contribution in [0.3, 0.4) is 0 Å². The fraction of sp³-hybridized carbons (Fsp3) is 0.190. The average molecular weight is 410 g/mol. The van der Waals surface area contributed by atoms with Crippen molar-refractivity contribution in [3.05, 3.63) is 59.0 Å². The van der Waals surface area contributed by atoms with Crippen LogP contribution in [0.15, 0.2) is 53.4 Å². The van der Waals surface area contributed by atoms with Crippen molar-refractivity contribution in [2.24, 2.45) is 0 Å². The lowest BCUT2D eigenvalue weighted by Gasteiger charge is -2.14. The van der Waals surface area contributed by atoms with Crippen molar-refractivity contribution in [3.8, 4) is 23.3 Å². The van der Waals surface area contributed by atoms with Crippen molar-refractivity contribution in [2.75, 3.05) is 26.9 Å². The third kappa shape index (κ3) is 5.09. The Hall–Kier alpha value is -3.44. The number of amides is 2. The minimum absolute atomic E-state index is 0.0326. The van der Waals surface area contributed by atoms with E-state index in [4.69, 9.17) is 19.5 Å². The Morgan fingerprint density at radius 1 is 1.07 bits per heavy atom. The second-order valence-electron chi connectivity index (χ2n) is 5.85. The van der Waals surface area contributed by atoms with E-state index in [9.17, 15) is 9.59 Å². The second-order valence-corrected chi connectivity index (χ2v) is 6.84. The number of carbonyl (C=O) groups excluding carboxylic acids is 2. The zero-order chi connectivity index (χ0) is 20.6. The van der Waals surface area contributed by atoms with Gasteiger partial charge in [0, 0.05) is 0 Å². The Morgan fingerprint density at radius 3 is 2.48 bits per heavy atom. The van der Waals surface area contributed by atoms with E-state index < -0.39 is 0 Å². The van der Waals surface area contributed by atoms with Crippen molar-refractivity contribution >= 4 is 29.0 Å². The van der Waals surface area contributed by atoms with Crippen LogP contribution in [-0.4, -0.2) is 42.9 Å². The number of para-hydroxylation sites is 2. The maximum atomic E-state index is 12.6. The highest BCUT2D eigenvalue weighted by molar-refractivity contribution is 8.18. The molecule has 0 bridgehead atoms. The van der Waals surface area contributed by atoms with Gasteiger partial charge >= 0.3 is 0 Å². The van der Waals surface area contributed by atoms with Gasteiger partial charge in [-0.2, -0.15) is 5.26 Å². The molecule has 0 spiro atoms. The van der Waals surface area contributed by atoms with Gasteiger partial charge < -0.3 is 14.2 Å². The summed E-state index contributed by atoms with van der Waals surface area (Å²) in [5, 5.41) is 8.19. The lowest BCUT2D eigenvalue weighted by atomic mass is 10.2. The number of ether oxygens (including phenoxy) is 3. The molecule has 0 unspecified atom stereocenters. The quantitative estimate of drug-likeness (QED) is 0.613. The molecule has 1 saturated heterocycles. The molecule has 148 valence electrons. The second kappa shape index (κ2) is 9.66. The van der Waals surface area contributed by atoms with Crippen LogP contribution in [0.5, 0.6) is 17.2 Å². The fourth-order valence-electron chi connectivity index (χ4n) is 2.60. The highest BCUT2D eigenvalue weighted by atomic mass is 32.2. The summed E-state index contributed by atoms with van der Waals surface area (Å²) < 4.78 is 16.1. The van der Waals surface area contributed by atoms with E-state index in [1.807, 2.05) is 18.2 Å². The standard InChI is InChI=1S/C21H18N2O5S/c1-26-17-4-2-3-5-18(17)28-13-11-23-20(24)19(29-21(23)25)14-15-6-8-16(9-7-15)27-12-10-22/h2-9,14H,11-13H2,1H3/b19-14-. The molecule has 0 atom stereocenters. The smallest absolute Gasteiger partial charge is 0.293 e. The summed E-state index contributed by atoms with van der Waals surface area (Å²) in [4.78, 5) is 26.3. The molecule has 1 heterocycles. The van der Waals surface area contributed by atoms with Gasteiger partial charge in [0.15, 0.2) is 18.1 Å². The van der Waals surface area contributed by atoms with Gasteiger partial charge in [0.25, 0.3) is 11.1 Å². The Bertz CT molecular complexity index is 966. The first-order valence-electron chi connectivity index (χ1n) is 8.73. The van der Waals surface area contributed by atoms with Gasteiger partial charge in [-0.3, -0.25) is 14.5 Å². The van der Waals surface area contributed by atoms with Gasteiger partial charge in [-0.05, 0) is 47.7 Å². The van der Waals surface area contributed by atoms with Gasteiger partial charge in [-0.25, -0.2) is 0 Å². The lowest BCUT2D eigenvalue weighted by molar-refractivity contribution is -0.123. The number of methoxy groups -OCH3 is 1. The number of benzene rings is 2. The van der Waals surface area contributed by atoms with E-state index in [0.717, 1.165) is 22.2 Å². The van der Waals surface area contributed by atoms with E-state index in [2.05, 4.69) is 0 Å². The Balaban J connectivity index is 1.60. The summed E-state index contributed by atoms with van der Waals surface area (Å²) in [7, 11) is 1.55. The van der Waals surface area contributed by atoms with E-state index in [1.165, 1.54) is 0 Å². The minimum atomic E-state index is -0.353. The number of rotatable bonds is 8. The highest BCUT2D eigenvalue weighted by Crippen LogP contribution is 2.32. The Kier molecular flexibility index (Phi) is 6.76.